The van der Waals surface area contributed by atoms with Gasteiger partial charge in [-0.05, 0) is 6.92 Å². The van der Waals surface area contributed by atoms with Crippen molar-refractivity contribution in [1.82, 2.24) is 4.57 Å². The number of hydrogen-bond donors (Lipinski definition) is 0. The summed E-state index contributed by atoms with van der Waals surface area (Å²) in [5.74, 6) is 0. The smallest absolute Gasteiger partial charge is 0.244 e. The van der Waals surface area contributed by atoms with Crippen molar-refractivity contribution >= 4 is 0 Å². The van der Waals surface area contributed by atoms with E-state index in [1.54, 1.807) is 0 Å². The van der Waals surface area contributed by atoms with Gasteiger partial charge >= 0.3 is 0 Å². The van der Waals surface area contributed by atoms with Crippen molar-refractivity contribution in [2.45, 2.75) is 19.5 Å². The lowest BCUT2D eigenvalue weighted by atomic mass is 9.99. The molecule has 2 nitrogen and oxygen atoms in total. The molecule has 0 radical (unpaired) electrons. The van der Waals surface area contributed by atoms with Crippen molar-refractivity contribution in [1.29, 1.82) is 0 Å². The van der Waals surface area contributed by atoms with Crippen LogP contribution >= 0.6 is 0 Å². The van der Waals surface area contributed by atoms with Crippen LogP contribution in [-0.4, -0.2) is 4.57 Å². The second kappa shape index (κ2) is 7.09. The Bertz CT molecular complexity index is 622. The molecule has 0 aliphatic carbocycles. The van der Waals surface area contributed by atoms with Crippen molar-refractivity contribution in [2.75, 3.05) is 0 Å². The molecule has 0 spiro atoms. The molecule has 0 unspecified atom stereocenters. The molecule has 1 aromatic heterocycles. The molecule has 0 atom stereocenters. The van der Waals surface area contributed by atoms with Crippen LogP contribution in [0.2, 0.25) is 0 Å². The van der Waals surface area contributed by atoms with E-state index in [2.05, 4.69) is 95.4 Å². The van der Waals surface area contributed by atoms with Gasteiger partial charge in [-0.25, -0.2) is 9.13 Å². The molecular weight excluding hydrogens is 280 g/mol. The maximum absolute atomic E-state index is 2.27. The van der Waals surface area contributed by atoms with Crippen LogP contribution in [0.4, 0.5) is 0 Å². The Kier molecular flexibility index (Phi) is 5.18. The van der Waals surface area contributed by atoms with Crippen LogP contribution in [0.3, 0.4) is 0 Å². The van der Waals surface area contributed by atoms with Gasteiger partial charge in [-0.3, -0.25) is 0 Å². The van der Waals surface area contributed by atoms with Crippen molar-refractivity contribution in [3.63, 3.8) is 0 Å². The maximum Gasteiger partial charge on any atom is 0.244 e. The second-order valence-electron chi connectivity index (χ2n) is 4.92. The topological polar surface area (TPSA) is 8.81 Å². The van der Waals surface area contributed by atoms with Crippen molar-refractivity contribution < 1.29 is 17.0 Å². The second-order valence-corrected chi connectivity index (χ2v) is 4.92. The van der Waals surface area contributed by atoms with Gasteiger partial charge in [0.15, 0.2) is 6.04 Å². The fourth-order valence-electron chi connectivity index (χ4n) is 2.56. The minimum absolute atomic E-state index is 0. The molecule has 0 aliphatic heterocycles. The third-order valence-corrected chi connectivity index (χ3v) is 3.61. The van der Waals surface area contributed by atoms with Crippen molar-refractivity contribution in [3.05, 3.63) is 90.5 Å². The standard InChI is InChI=1S/C18H19N2.ClH/c1-2-19-13-14-20(15-19)18(16-9-5-3-6-10-16)17-11-7-4-8-12-17;/h3-15,18H,2H2,1H3;1H/q+1;/p-1. The van der Waals surface area contributed by atoms with Gasteiger partial charge in [-0.15, -0.1) is 0 Å². The van der Waals surface area contributed by atoms with Crippen LogP contribution in [0.1, 0.15) is 24.1 Å². The van der Waals surface area contributed by atoms with E-state index in [0.717, 1.165) is 6.54 Å². The maximum atomic E-state index is 2.27. The van der Waals surface area contributed by atoms with E-state index >= 15 is 0 Å². The van der Waals surface area contributed by atoms with E-state index in [-0.39, 0.29) is 18.4 Å². The fraction of sp³-hybridized carbons (Fsp3) is 0.167. The highest BCUT2D eigenvalue weighted by molar-refractivity contribution is 5.32. The van der Waals surface area contributed by atoms with Crippen molar-refractivity contribution in [3.8, 4) is 0 Å². The summed E-state index contributed by atoms with van der Waals surface area (Å²) in [5, 5.41) is 0. The van der Waals surface area contributed by atoms with E-state index in [9.17, 15) is 0 Å². The Morgan fingerprint density at radius 2 is 1.43 bits per heavy atom. The van der Waals surface area contributed by atoms with Crippen molar-refractivity contribution in [2.24, 2.45) is 0 Å². The van der Waals surface area contributed by atoms with Gasteiger partial charge in [0.25, 0.3) is 0 Å². The summed E-state index contributed by atoms with van der Waals surface area (Å²) in [4.78, 5) is 0. The third kappa shape index (κ3) is 3.34. The summed E-state index contributed by atoms with van der Waals surface area (Å²) in [6.45, 7) is 3.15. The monoisotopic (exact) mass is 298 g/mol. The molecule has 0 amide bonds. The molecule has 2 aromatic carbocycles. The summed E-state index contributed by atoms with van der Waals surface area (Å²) >= 11 is 0. The number of nitrogens with zero attached hydrogens (tertiary/aromatic N) is 2. The van der Waals surface area contributed by atoms with Crippen LogP contribution < -0.4 is 17.0 Å². The Labute approximate surface area is 132 Å². The number of imidazole rings is 1. The summed E-state index contributed by atoms with van der Waals surface area (Å²) in [6, 6.07) is 21.5. The summed E-state index contributed by atoms with van der Waals surface area (Å²) in [7, 11) is 0. The first-order valence-electron chi connectivity index (χ1n) is 7.05. The fourth-order valence-corrected chi connectivity index (χ4v) is 2.56. The van der Waals surface area contributed by atoms with E-state index in [0.29, 0.717) is 0 Å². The van der Waals surface area contributed by atoms with Gasteiger partial charge < -0.3 is 12.4 Å². The largest absolute Gasteiger partial charge is 1.00 e. The Morgan fingerprint density at radius 3 is 1.86 bits per heavy atom. The average molecular weight is 299 g/mol. The number of aryl methyl sites for hydroxylation is 1. The van der Waals surface area contributed by atoms with E-state index in [1.165, 1.54) is 11.1 Å². The highest BCUT2D eigenvalue weighted by Crippen LogP contribution is 2.25. The highest BCUT2D eigenvalue weighted by Gasteiger charge is 2.20. The molecule has 0 saturated heterocycles. The molecule has 1 heterocycles. The molecule has 3 aromatic rings. The number of halogens is 1. The third-order valence-electron chi connectivity index (χ3n) is 3.61. The molecule has 108 valence electrons. The Balaban J connectivity index is 0.00000161. The Morgan fingerprint density at radius 1 is 0.905 bits per heavy atom. The zero-order valence-corrected chi connectivity index (χ0v) is 12.8. The van der Waals surface area contributed by atoms with Gasteiger partial charge in [0.2, 0.25) is 6.33 Å². The van der Waals surface area contributed by atoms with Crippen LogP contribution in [0.25, 0.3) is 0 Å². The lowest BCUT2D eigenvalue weighted by Crippen LogP contribution is -3.00. The summed E-state index contributed by atoms with van der Waals surface area (Å²) in [5.41, 5.74) is 2.61. The molecular formula is C18H19ClN2. The normalized spacial score (nSPS) is 10.4. The van der Waals surface area contributed by atoms with Gasteiger partial charge in [0.1, 0.15) is 12.4 Å². The first-order valence-corrected chi connectivity index (χ1v) is 7.05. The molecule has 21 heavy (non-hydrogen) atoms. The Hall–Kier alpha value is -2.06. The van der Waals surface area contributed by atoms with Crippen LogP contribution in [0, 0.1) is 0 Å². The molecule has 0 bridgehead atoms. The van der Waals surface area contributed by atoms with Gasteiger partial charge in [0, 0.05) is 11.1 Å². The van der Waals surface area contributed by atoms with Gasteiger partial charge in [-0.1, -0.05) is 60.7 Å². The van der Waals surface area contributed by atoms with Crippen LogP contribution in [-0.2, 0) is 6.54 Å². The summed E-state index contributed by atoms with van der Waals surface area (Å²) < 4.78 is 4.47. The SMILES string of the molecule is CC[n+]1ccn(C(c2ccccc2)c2ccccc2)c1.[Cl-]. The predicted molar refractivity (Wildman–Crippen MR) is 80.4 cm³/mol. The number of aromatic nitrogens is 2. The number of benzene rings is 2. The van der Waals surface area contributed by atoms with Gasteiger partial charge in [-0.2, -0.15) is 0 Å². The molecule has 0 N–H and O–H groups in total. The number of rotatable bonds is 4. The quantitative estimate of drug-likeness (QED) is 0.618. The minimum Gasteiger partial charge on any atom is -1.00 e. The average Bonchev–Trinajstić information content (AvgIpc) is 2.98. The first kappa shape index (κ1) is 15.3. The lowest BCUT2D eigenvalue weighted by molar-refractivity contribution is -0.693. The molecule has 0 aliphatic rings. The first-order chi connectivity index (χ1) is 9.88. The molecule has 0 fully saturated rings. The zero-order valence-electron chi connectivity index (χ0n) is 12.1. The predicted octanol–water partition coefficient (Wildman–Crippen LogP) is 0.437. The van der Waals surface area contributed by atoms with E-state index in [4.69, 9.17) is 0 Å². The van der Waals surface area contributed by atoms with E-state index in [1.807, 2.05) is 0 Å². The molecule has 3 heteroatoms. The molecule has 3 rings (SSSR count). The summed E-state index contributed by atoms with van der Waals surface area (Å²) in [6.07, 6.45) is 6.44. The minimum atomic E-state index is 0. The van der Waals surface area contributed by atoms with Gasteiger partial charge in [0.05, 0.1) is 6.54 Å². The zero-order chi connectivity index (χ0) is 13.8. The lowest BCUT2D eigenvalue weighted by Gasteiger charge is -2.14. The van der Waals surface area contributed by atoms with Crippen LogP contribution in [0.15, 0.2) is 79.4 Å². The number of hydrogen-bond acceptors (Lipinski definition) is 0. The van der Waals surface area contributed by atoms with Crippen LogP contribution in [0.5, 0.6) is 0 Å². The molecule has 0 saturated carbocycles. The highest BCUT2D eigenvalue weighted by atomic mass is 35.5. The van der Waals surface area contributed by atoms with E-state index < -0.39 is 0 Å².